The van der Waals surface area contributed by atoms with Gasteiger partial charge < -0.3 is 20.1 Å². The van der Waals surface area contributed by atoms with E-state index >= 15 is 0 Å². The molecule has 0 saturated heterocycles. The third-order valence-electron chi connectivity index (χ3n) is 3.21. The van der Waals surface area contributed by atoms with Gasteiger partial charge in [-0.05, 0) is 38.5 Å². The third-order valence-corrected chi connectivity index (χ3v) is 3.21. The Kier molecular flexibility index (Phi) is 10.1. The number of nitrogens with one attached hydrogen (secondary N) is 2. The smallest absolute Gasteiger partial charge is 0.191 e. The fourth-order valence-electron chi connectivity index (χ4n) is 1.69. The Hall–Kier alpha value is -1.09. The lowest BCUT2D eigenvalue weighted by molar-refractivity contribution is 0.0268. The Morgan fingerprint density at radius 3 is 2.48 bits per heavy atom. The summed E-state index contributed by atoms with van der Waals surface area (Å²) < 4.78 is 23.9. The zero-order chi connectivity index (χ0) is 16.6. The Balaban J connectivity index is 0.00000484. The average molecular weight is 439 g/mol. The molecule has 1 rings (SSSR count). The van der Waals surface area contributed by atoms with E-state index in [1.54, 1.807) is 19.2 Å². The SMILES string of the molecule is CCNC(=NCc1ccc(OC)c(F)c1)NCC(C)(C)OC.I. The quantitative estimate of drug-likeness (QED) is 0.390. The number of ether oxygens (including phenoxy) is 2. The second-order valence-corrected chi connectivity index (χ2v) is 5.48. The molecule has 0 aliphatic heterocycles. The van der Waals surface area contributed by atoms with E-state index in [-0.39, 0.29) is 41.1 Å². The van der Waals surface area contributed by atoms with Gasteiger partial charge in [0.2, 0.25) is 0 Å². The summed E-state index contributed by atoms with van der Waals surface area (Å²) in [4.78, 5) is 4.45. The highest BCUT2D eigenvalue weighted by atomic mass is 127. The number of nitrogens with zero attached hydrogens (tertiary/aromatic N) is 1. The highest BCUT2D eigenvalue weighted by Crippen LogP contribution is 2.18. The molecular weight excluding hydrogens is 412 g/mol. The molecule has 1 aromatic carbocycles. The summed E-state index contributed by atoms with van der Waals surface area (Å²) in [6.07, 6.45) is 0. The highest BCUT2D eigenvalue weighted by Gasteiger charge is 2.16. The van der Waals surface area contributed by atoms with Crippen LogP contribution in [0.3, 0.4) is 0 Å². The predicted octanol–water partition coefficient (Wildman–Crippen LogP) is 2.93. The molecular formula is C16H27FIN3O2. The van der Waals surface area contributed by atoms with Crippen LogP contribution in [0, 0.1) is 5.82 Å². The molecule has 0 amide bonds. The summed E-state index contributed by atoms with van der Waals surface area (Å²) in [6, 6.07) is 4.84. The standard InChI is InChI=1S/C16H26FN3O2.HI/c1-6-18-15(20-11-16(2,3)22-5)19-10-12-7-8-14(21-4)13(17)9-12;/h7-9H,6,10-11H2,1-5H3,(H2,18,19,20);1H. The van der Waals surface area contributed by atoms with Gasteiger partial charge in [-0.3, -0.25) is 0 Å². The molecule has 0 radical (unpaired) electrons. The minimum atomic E-state index is -0.381. The molecule has 0 unspecified atom stereocenters. The predicted molar refractivity (Wildman–Crippen MR) is 102 cm³/mol. The second kappa shape index (κ2) is 10.6. The molecule has 7 heteroatoms. The summed E-state index contributed by atoms with van der Waals surface area (Å²) in [6.45, 7) is 7.71. The van der Waals surface area contributed by atoms with Gasteiger partial charge in [0, 0.05) is 20.2 Å². The Morgan fingerprint density at radius 2 is 1.96 bits per heavy atom. The molecule has 0 aliphatic carbocycles. The first-order chi connectivity index (χ1) is 10.4. The van der Waals surface area contributed by atoms with Gasteiger partial charge in [0.25, 0.3) is 0 Å². The molecule has 0 fully saturated rings. The minimum Gasteiger partial charge on any atom is -0.494 e. The van der Waals surface area contributed by atoms with E-state index in [1.165, 1.54) is 13.2 Å². The fourth-order valence-corrected chi connectivity index (χ4v) is 1.69. The topological polar surface area (TPSA) is 54.9 Å². The Morgan fingerprint density at radius 1 is 1.26 bits per heavy atom. The maximum atomic E-state index is 13.7. The van der Waals surface area contributed by atoms with Crippen molar-refractivity contribution in [2.75, 3.05) is 27.3 Å². The first kappa shape index (κ1) is 21.9. The molecule has 1 aromatic rings. The first-order valence-electron chi connectivity index (χ1n) is 7.31. The van der Waals surface area contributed by atoms with E-state index in [2.05, 4.69) is 15.6 Å². The van der Waals surface area contributed by atoms with Gasteiger partial charge in [-0.25, -0.2) is 9.38 Å². The first-order valence-corrected chi connectivity index (χ1v) is 7.31. The van der Waals surface area contributed by atoms with Crippen molar-refractivity contribution in [1.82, 2.24) is 10.6 Å². The lowest BCUT2D eigenvalue weighted by atomic mass is 10.1. The van der Waals surface area contributed by atoms with Crippen LogP contribution in [0.15, 0.2) is 23.2 Å². The van der Waals surface area contributed by atoms with E-state index in [1.807, 2.05) is 20.8 Å². The number of aliphatic imine (C=N–C) groups is 1. The van der Waals surface area contributed by atoms with Crippen molar-refractivity contribution in [2.24, 2.45) is 4.99 Å². The highest BCUT2D eigenvalue weighted by molar-refractivity contribution is 14.0. The lowest BCUT2D eigenvalue weighted by Gasteiger charge is -2.24. The maximum absolute atomic E-state index is 13.7. The van der Waals surface area contributed by atoms with E-state index in [9.17, 15) is 4.39 Å². The van der Waals surface area contributed by atoms with Crippen LogP contribution in [0.5, 0.6) is 5.75 Å². The van der Waals surface area contributed by atoms with Crippen LogP contribution in [-0.4, -0.2) is 38.9 Å². The zero-order valence-corrected chi connectivity index (χ0v) is 16.7. The van der Waals surface area contributed by atoms with Crippen LogP contribution in [0.4, 0.5) is 4.39 Å². The van der Waals surface area contributed by atoms with Crippen molar-refractivity contribution in [3.63, 3.8) is 0 Å². The van der Waals surface area contributed by atoms with Crippen LogP contribution in [-0.2, 0) is 11.3 Å². The average Bonchev–Trinajstić information content (AvgIpc) is 2.50. The van der Waals surface area contributed by atoms with Gasteiger partial charge in [-0.15, -0.1) is 24.0 Å². The molecule has 23 heavy (non-hydrogen) atoms. The van der Waals surface area contributed by atoms with E-state index < -0.39 is 0 Å². The van der Waals surface area contributed by atoms with Crippen molar-refractivity contribution in [3.05, 3.63) is 29.6 Å². The summed E-state index contributed by atoms with van der Waals surface area (Å²) >= 11 is 0. The van der Waals surface area contributed by atoms with Crippen molar-refractivity contribution >= 4 is 29.9 Å². The van der Waals surface area contributed by atoms with Crippen LogP contribution in [0.1, 0.15) is 26.3 Å². The van der Waals surface area contributed by atoms with E-state index in [0.717, 1.165) is 12.1 Å². The second-order valence-electron chi connectivity index (χ2n) is 5.48. The largest absolute Gasteiger partial charge is 0.494 e. The van der Waals surface area contributed by atoms with Gasteiger partial charge in [-0.1, -0.05) is 6.07 Å². The Labute approximate surface area is 155 Å². The number of halogens is 2. The van der Waals surface area contributed by atoms with E-state index in [0.29, 0.717) is 19.0 Å². The van der Waals surface area contributed by atoms with Gasteiger partial charge in [-0.2, -0.15) is 0 Å². The molecule has 5 nitrogen and oxygen atoms in total. The van der Waals surface area contributed by atoms with Gasteiger partial charge in [0.1, 0.15) is 0 Å². The normalized spacial score (nSPS) is 11.7. The third kappa shape index (κ3) is 7.83. The monoisotopic (exact) mass is 439 g/mol. The molecule has 0 aliphatic rings. The Bertz CT molecular complexity index is 510. The summed E-state index contributed by atoms with van der Waals surface area (Å²) in [7, 11) is 3.12. The molecule has 0 atom stereocenters. The molecule has 0 bridgehead atoms. The van der Waals surface area contributed by atoms with Crippen molar-refractivity contribution < 1.29 is 13.9 Å². The summed E-state index contributed by atoms with van der Waals surface area (Å²) in [5.74, 6) is 0.525. The van der Waals surface area contributed by atoms with E-state index in [4.69, 9.17) is 9.47 Å². The molecule has 0 aromatic heterocycles. The van der Waals surface area contributed by atoms with Crippen molar-refractivity contribution in [3.8, 4) is 5.75 Å². The molecule has 132 valence electrons. The number of methoxy groups -OCH3 is 2. The molecule has 0 saturated carbocycles. The number of rotatable bonds is 7. The van der Waals surface area contributed by atoms with Gasteiger partial charge in [0.15, 0.2) is 17.5 Å². The number of benzene rings is 1. The van der Waals surface area contributed by atoms with Gasteiger partial charge >= 0.3 is 0 Å². The molecule has 0 heterocycles. The zero-order valence-electron chi connectivity index (χ0n) is 14.4. The minimum absolute atomic E-state index is 0. The van der Waals surface area contributed by atoms with Crippen molar-refractivity contribution in [1.29, 1.82) is 0 Å². The molecule has 0 spiro atoms. The number of hydrogen-bond donors (Lipinski definition) is 2. The van der Waals surface area contributed by atoms with Crippen LogP contribution in [0.25, 0.3) is 0 Å². The van der Waals surface area contributed by atoms with Gasteiger partial charge in [0.05, 0.1) is 19.3 Å². The summed E-state index contributed by atoms with van der Waals surface area (Å²) in [5, 5.41) is 6.37. The fraction of sp³-hybridized carbons (Fsp3) is 0.562. The van der Waals surface area contributed by atoms with Crippen LogP contribution < -0.4 is 15.4 Å². The summed E-state index contributed by atoms with van der Waals surface area (Å²) in [5.41, 5.74) is 0.490. The number of guanidine groups is 1. The van der Waals surface area contributed by atoms with Crippen LogP contribution in [0.2, 0.25) is 0 Å². The number of hydrogen-bond acceptors (Lipinski definition) is 3. The van der Waals surface area contributed by atoms with Crippen molar-refractivity contribution in [2.45, 2.75) is 32.9 Å². The lowest BCUT2D eigenvalue weighted by Crippen LogP contribution is -2.45. The maximum Gasteiger partial charge on any atom is 0.191 e. The molecule has 2 N–H and O–H groups in total. The van der Waals surface area contributed by atoms with Crippen LogP contribution >= 0.6 is 24.0 Å².